The molecule has 2 aromatic carbocycles. The van der Waals surface area contributed by atoms with Crippen molar-refractivity contribution in [2.24, 2.45) is 0 Å². The first-order valence-electron chi connectivity index (χ1n) is 9.71. The van der Waals surface area contributed by atoms with Gasteiger partial charge in [-0.2, -0.15) is 0 Å². The van der Waals surface area contributed by atoms with Crippen molar-refractivity contribution in [1.29, 1.82) is 0 Å². The quantitative estimate of drug-likeness (QED) is 0.519. The van der Waals surface area contributed by atoms with Crippen molar-refractivity contribution in [1.82, 2.24) is 5.32 Å². The maximum atomic E-state index is 11.7. The lowest BCUT2D eigenvalue weighted by atomic mass is 9.85. The number of sulfonamides is 1. The first kappa shape index (κ1) is 24.9. The van der Waals surface area contributed by atoms with Gasteiger partial charge in [0.15, 0.2) is 0 Å². The molecule has 0 radical (unpaired) electrons. The van der Waals surface area contributed by atoms with Crippen molar-refractivity contribution in [3.05, 3.63) is 57.1 Å². The number of hydrogen-bond acceptors (Lipinski definition) is 4. The Balaban J connectivity index is 2.47. The molecule has 0 spiro atoms. The van der Waals surface area contributed by atoms with E-state index in [-0.39, 0.29) is 17.9 Å². The van der Waals surface area contributed by atoms with E-state index in [4.69, 9.17) is 4.74 Å². The van der Waals surface area contributed by atoms with E-state index >= 15 is 0 Å². The largest absolute Gasteiger partial charge is 0.496 e. The summed E-state index contributed by atoms with van der Waals surface area (Å²) in [6.45, 7) is 8.02. The average Bonchev–Trinajstić information content (AvgIpc) is 2.63. The van der Waals surface area contributed by atoms with E-state index in [9.17, 15) is 13.2 Å². The SMILES string of the molecule is COc1c(C=Cc2ccc(NS(C)(=O)=O)c(CNC(C)=O)c2)cc(Br)cc1C(C)(C)C. The maximum Gasteiger partial charge on any atom is 0.229 e. The number of benzene rings is 2. The Morgan fingerprint density at radius 2 is 1.84 bits per heavy atom. The monoisotopic (exact) mass is 508 g/mol. The summed E-state index contributed by atoms with van der Waals surface area (Å²) >= 11 is 3.58. The summed E-state index contributed by atoms with van der Waals surface area (Å²) in [5, 5.41) is 2.71. The molecule has 0 heterocycles. The second kappa shape index (κ2) is 9.87. The van der Waals surface area contributed by atoms with Crippen molar-refractivity contribution >= 4 is 49.7 Å². The van der Waals surface area contributed by atoms with Gasteiger partial charge in [0.25, 0.3) is 0 Å². The minimum atomic E-state index is -3.44. The number of carbonyl (C=O) groups is 1. The molecular weight excluding hydrogens is 480 g/mol. The van der Waals surface area contributed by atoms with Crippen LogP contribution in [-0.2, 0) is 26.8 Å². The maximum absolute atomic E-state index is 11.7. The van der Waals surface area contributed by atoms with Crippen LogP contribution in [0.25, 0.3) is 12.2 Å². The van der Waals surface area contributed by atoms with Crippen LogP contribution in [0, 0.1) is 0 Å². The predicted molar refractivity (Wildman–Crippen MR) is 131 cm³/mol. The molecule has 2 N–H and O–H groups in total. The zero-order chi connectivity index (χ0) is 23.4. The fourth-order valence-corrected chi connectivity index (χ4v) is 4.17. The van der Waals surface area contributed by atoms with Gasteiger partial charge < -0.3 is 10.1 Å². The fraction of sp³-hybridized carbons (Fsp3) is 0.348. The number of nitrogens with one attached hydrogen (secondary N) is 2. The highest BCUT2D eigenvalue weighted by Crippen LogP contribution is 2.37. The van der Waals surface area contributed by atoms with Crippen LogP contribution in [0.5, 0.6) is 5.75 Å². The molecule has 0 aromatic heterocycles. The highest BCUT2D eigenvalue weighted by atomic mass is 79.9. The summed E-state index contributed by atoms with van der Waals surface area (Å²) in [5.74, 6) is 0.612. The summed E-state index contributed by atoms with van der Waals surface area (Å²) in [5.41, 5.74) is 3.87. The van der Waals surface area contributed by atoms with Gasteiger partial charge in [0.1, 0.15) is 5.75 Å². The lowest BCUT2D eigenvalue weighted by Gasteiger charge is -2.24. The topological polar surface area (TPSA) is 84.5 Å². The van der Waals surface area contributed by atoms with Crippen LogP contribution in [0.15, 0.2) is 34.8 Å². The molecular formula is C23H29BrN2O4S. The Hall–Kier alpha value is -2.32. The predicted octanol–water partition coefficient (Wildman–Crippen LogP) is 4.93. The molecule has 0 fully saturated rings. The Morgan fingerprint density at radius 1 is 1.16 bits per heavy atom. The van der Waals surface area contributed by atoms with Crippen molar-refractivity contribution in [2.75, 3.05) is 18.1 Å². The number of methoxy groups -OCH3 is 1. The van der Waals surface area contributed by atoms with Crippen LogP contribution >= 0.6 is 15.9 Å². The zero-order valence-electron chi connectivity index (χ0n) is 18.7. The third-order valence-corrected chi connectivity index (χ3v) is 5.55. The van der Waals surface area contributed by atoms with Crippen LogP contribution < -0.4 is 14.8 Å². The van der Waals surface area contributed by atoms with Gasteiger partial charge in [-0.3, -0.25) is 9.52 Å². The number of amides is 1. The molecule has 0 atom stereocenters. The summed E-state index contributed by atoms with van der Waals surface area (Å²) in [4.78, 5) is 11.3. The highest BCUT2D eigenvalue weighted by Gasteiger charge is 2.21. The molecule has 0 aliphatic carbocycles. The van der Waals surface area contributed by atoms with Gasteiger partial charge in [-0.15, -0.1) is 0 Å². The van der Waals surface area contributed by atoms with Crippen LogP contribution in [0.4, 0.5) is 5.69 Å². The van der Waals surface area contributed by atoms with E-state index < -0.39 is 10.0 Å². The minimum Gasteiger partial charge on any atom is -0.496 e. The molecule has 0 saturated carbocycles. The first-order chi connectivity index (χ1) is 14.3. The molecule has 0 aliphatic heterocycles. The standard InChI is InChI=1S/C23H29BrN2O4S/c1-15(27)25-14-18-11-16(8-10-21(18)26-31(6,28)29)7-9-17-12-19(24)13-20(22(17)30-5)23(2,3)4/h7-13,26H,14H2,1-6H3,(H,25,27). The smallest absolute Gasteiger partial charge is 0.229 e. The molecule has 0 bridgehead atoms. The van der Waals surface area contributed by atoms with Crippen LogP contribution in [-0.4, -0.2) is 27.7 Å². The van der Waals surface area contributed by atoms with Crippen LogP contribution in [0.2, 0.25) is 0 Å². The summed E-state index contributed by atoms with van der Waals surface area (Å²) in [7, 11) is -1.78. The van der Waals surface area contributed by atoms with E-state index in [2.05, 4.69) is 52.8 Å². The van der Waals surface area contributed by atoms with E-state index in [1.807, 2.05) is 30.4 Å². The number of hydrogen-bond donors (Lipinski definition) is 2. The Morgan fingerprint density at radius 3 is 2.39 bits per heavy atom. The van der Waals surface area contributed by atoms with Gasteiger partial charge in [0.05, 0.1) is 19.1 Å². The van der Waals surface area contributed by atoms with Crippen molar-refractivity contribution in [3.8, 4) is 5.75 Å². The molecule has 6 nitrogen and oxygen atoms in total. The van der Waals surface area contributed by atoms with Gasteiger partial charge in [0.2, 0.25) is 15.9 Å². The van der Waals surface area contributed by atoms with E-state index in [0.717, 1.165) is 33.2 Å². The molecule has 0 saturated heterocycles. The number of halogens is 1. The number of anilines is 1. The van der Waals surface area contributed by atoms with Gasteiger partial charge in [-0.05, 0) is 40.8 Å². The van der Waals surface area contributed by atoms with E-state index in [1.165, 1.54) is 6.92 Å². The fourth-order valence-electron chi connectivity index (χ4n) is 3.09. The Labute approximate surface area is 193 Å². The van der Waals surface area contributed by atoms with Gasteiger partial charge in [0, 0.05) is 29.1 Å². The molecule has 0 aliphatic rings. The van der Waals surface area contributed by atoms with Crippen molar-refractivity contribution in [2.45, 2.75) is 39.7 Å². The zero-order valence-corrected chi connectivity index (χ0v) is 21.1. The van der Waals surface area contributed by atoms with Crippen LogP contribution in [0.3, 0.4) is 0 Å². The summed E-state index contributed by atoms with van der Waals surface area (Å²) in [6, 6.07) is 9.40. The van der Waals surface area contributed by atoms with Crippen molar-refractivity contribution < 1.29 is 17.9 Å². The van der Waals surface area contributed by atoms with Gasteiger partial charge in [-0.1, -0.05) is 54.9 Å². The molecule has 31 heavy (non-hydrogen) atoms. The first-order valence-corrected chi connectivity index (χ1v) is 12.4. The number of rotatable bonds is 7. The second-order valence-corrected chi connectivity index (χ2v) is 11.0. The highest BCUT2D eigenvalue weighted by molar-refractivity contribution is 9.10. The lowest BCUT2D eigenvalue weighted by molar-refractivity contribution is -0.119. The molecule has 2 aromatic rings. The minimum absolute atomic E-state index is 0.0950. The van der Waals surface area contributed by atoms with Crippen LogP contribution in [0.1, 0.15) is 49.9 Å². The summed E-state index contributed by atoms with van der Waals surface area (Å²) < 4.78 is 32.5. The average molecular weight is 509 g/mol. The number of ether oxygens (including phenoxy) is 1. The van der Waals surface area contributed by atoms with Crippen molar-refractivity contribution in [3.63, 3.8) is 0 Å². The van der Waals surface area contributed by atoms with E-state index in [1.54, 1.807) is 13.2 Å². The molecule has 2 rings (SSSR count). The molecule has 8 heteroatoms. The Bertz CT molecular complexity index is 1100. The number of carbonyl (C=O) groups excluding carboxylic acids is 1. The Kier molecular flexibility index (Phi) is 7.94. The van der Waals surface area contributed by atoms with Gasteiger partial charge >= 0.3 is 0 Å². The molecule has 1 amide bonds. The second-order valence-electron chi connectivity index (χ2n) is 8.36. The van der Waals surface area contributed by atoms with E-state index in [0.29, 0.717) is 11.3 Å². The summed E-state index contributed by atoms with van der Waals surface area (Å²) in [6.07, 6.45) is 4.98. The molecule has 0 unspecified atom stereocenters. The lowest BCUT2D eigenvalue weighted by Crippen LogP contribution is -2.20. The third kappa shape index (κ3) is 7.40. The third-order valence-electron chi connectivity index (χ3n) is 4.50. The van der Waals surface area contributed by atoms with Gasteiger partial charge in [-0.25, -0.2) is 8.42 Å². The molecule has 168 valence electrons. The normalized spacial score (nSPS) is 12.1.